The maximum atomic E-state index is 5.37. The summed E-state index contributed by atoms with van der Waals surface area (Å²) in [5.74, 6) is 0.517. The van der Waals surface area contributed by atoms with Crippen molar-refractivity contribution in [3.05, 3.63) is 75.1 Å². The number of aryl methyl sites for hydroxylation is 3. The van der Waals surface area contributed by atoms with Crippen LogP contribution >= 0.6 is 12.2 Å². The van der Waals surface area contributed by atoms with E-state index >= 15 is 0 Å². The van der Waals surface area contributed by atoms with Gasteiger partial charge in [-0.05, 0) is 51.5 Å². The summed E-state index contributed by atoms with van der Waals surface area (Å²) < 4.78 is 5.68. The van der Waals surface area contributed by atoms with Gasteiger partial charge in [-0.2, -0.15) is 20.0 Å². The highest BCUT2D eigenvalue weighted by Crippen LogP contribution is 2.14. The minimum absolute atomic E-state index is 0.399. The van der Waals surface area contributed by atoms with Gasteiger partial charge in [0.1, 0.15) is 0 Å². The second-order valence-electron chi connectivity index (χ2n) is 6.95. The molecule has 0 saturated heterocycles. The van der Waals surface area contributed by atoms with Crippen LogP contribution in [-0.2, 0) is 6.54 Å². The summed E-state index contributed by atoms with van der Waals surface area (Å²) in [6.45, 7) is 8.64. The lowest BCUT2D eigenvalue weighted by molar-refractivity contribution is 0.659. The zero-order valence-electron chi connectivity index (χ0n) is 16.8. The summed E-state index contributed by atoms with van der Waals surface area (Å²) in [5.41, 5.74) is 5.97. The molecule has 1 N–H and O–H groups in total. The molecule has 0 aliphatic rings. The van der Waals surface area contributed by atoms with Crippen LogP contribution in [0.4, 0.5) is 0 Å². The van der Waals surface area contributed by atoms with Crippen molar-refractivity contribution in [1.82, 2.24) is 34.4 Å². The first-order chi connectivity index (χ1) is 13.9. The molecule has 0 saturated carbocycles. The highest BCUT2D eigenvalue weighted by atomic mass is 32.1. The normalized spacial score (nSPS) is 11.6. The largest absolute Gasteiger partial charge is 0.271 e. The molecule has 3 aromatic heterocycles. The number of aromatic amines is 1. The molecular formula is C20H22N8S. The van der Waals surface area contributed by atoms with Crippen molar-refractivity contribution < 1.29 is 0 Å². The molecule has 0 atom stereocenters. The number of nitrogens with one attached hydrogen (secondary N) is 1. The van der Waals surface area contributed by atoms with Crippen molar-refractivity contribution in [1.29, 1.82) is 0 Å². The first kappa shape index (κ1) is 19.0. The molecule has 0 bridgehead atoms. The molecule has 0 spiro atoms. The molecule has 0 unspecified atom stereocenters. The van der Waals surface area contributed by atoms with Crippen molar-refractivity contribution in [2.75, 3.05) is 0 Å². The third kappa shape index (κ3) is 3.68. The fourth-order valence-corrected chi connectivity index (χ4v) is 3.45. The van der Waals surface area contributed by atoms with E-state index in [0.29, 0.717) is 17.3 Å². The first-order valence-electron chi connectivity index (χ1n) is 9.27. The van der Waals surface area contributed by atoms with Crippen molar-refractivity contribution in [3.63, 3.8) is 0 Å². The monoisotopic (exact) mass is 406 g/mol. The van der Waals surface area contributed by atoms with Crippen molar-refractivity contribution in [3.8, 4) is 5.95 Å². The maximum Gasteiger partial charge on any atom is 0.271 e. The Morgan fingerprint density at radius 1 is 1.10 bits per heavy atom. The smallest absolute Gasteiger partial charge is 0.265 e. The lowest BCUT2D eigenvalue weighted by atomic mass is 10.2. The van der Waals surface area contributed by atoms with Gasteiger partial charge in [0.2, 0.25) is 4.77 Å². The Morgan fingerprint density at radius 3 is 2.55 bits per heavy atom. The fraction of sp³-hybridized carbons (Fsp3) is 0.250. The van der Waals surface area contributed by atoms with E-state index in [0.717, 1.165) is 28.3 Å². The Hall–Kier alpha value is -3.33. The Morgan fingerprint density at radius 2 is 1.86 bits per heavy atom. The van der Waals surface area contributed by atoms with Crippen molar-refractivity contribution in [2.45, 2.75) is 34.2 Å². The minimum Gasteiger partial charge on any atom is -0.265 e. The molecule has 148 valence electrons. The van der Waals surface area contributed by atoms with E-state index in [9.17, 15) is 0 Å². The van der Waals surface area contributed by atoms with Crippen LogP contribution in [0.2, 0.25) is 0 Å². The van der Waals surface area contributed by atoms with E-state index in [1.165, 1.54) is 5.56 Å². The number of H-pyrrole nitrogens is 1. The van der Waals surface area contributed by atoms with E-state index < -0.39 is 0 Å². The third-order valence-corrected chi connectivity index (χ3v) is 5.01. The first-order valence-corrected chi connectivity index (χ1v) is 9.68. The zero-order valence-corrected chi connectivity index (χ0v) is 17.6. The molecule has 3 heterocycles. The lowest BCUT2D eigenvalue weighted by Gasteiger charge is -2.05. The molecule has 0 aliphatic heterocycles. The zero-order chi connectivity index (χ0) is 20.5. The van der Waals surface area contributed by atoms with Crippen LogP contribution in [0.5, 0.6) is 0 Å². The Bertz CT molecular complexity index is 1240. The number of hydrogen-bond donors (Lipinski definition) is 1. The van der Waals surface area contributed by atoms with Crippen LogP contribution in [-0.4, -0.2) is 40.6 Å². The molecular weight excluding hydrogens is 384 g/mol. The van der Waals surface area contributed by atoms with Gasteiger partial charge in [0.15, 0.2) is 0 Å². The molecule has 8 nitrogen and oxygen atoms in total. The summed E-state index contributed by atoms with van der Waals surface area (Å²) in [5, 5.41) is 20.8. The molecule has 0 radical (unpaired) electrons. The van der Waals surface area contributed by atoms with E-state index in [4.69, 9.17) is 12.2 Å². The number of nitrogens with zero attached hydrogens (tertiary/aromatic N) is 7. The Balaban J connectivity index is 1.68. The average Bonchev–Trinajstić information content (AvgIpc) is 3.30. The van der Waals surface area contributed by atoms with Crippen LogP contribution in [0.25, 0.3) is 5.95 Å². The third-order valence-electron chi connectivity index (χ3n) is 4.75. The molecule has 0 aliphatic carbocycles. The van der Waals surface area contributed by atoms with E-state index in [1.54, 1.807) is 15.6 Å². The maximum absolute atomic E-state index is 5.37. The number of rotatable bonds is 5. The predicted molar refractivity (Wildman–Crippen MR) is 114 cm³/mol. The summed E-state index contributed by atoms with van der Waals surface area (Å²) in [4.78, 5) is 0. The Labute approximate surface area is 173 Å². The molecule has 29 heavy (non-hydrogen) atoms. The van der Waals surface area contributed by atoms with E-state index in [1.807, 2.05) is 56.6 Å². The minimum atomic E-state index is 0.399. The van der Waals surface area contributed by atoms with Gasteiger partial charge in [0.25, 0.3) is 5.95 Å². The second kappa shape index (κ2) is 7.59. The van der Waals surface area contributed by atoms with Gasteiger partial charge in [0.05, 0.1) is 24.1 Å². The average molecular weight is 407 g/mol. The molecule has 4 aromatic rings. The van der Waals surface area contributed by atoms with Crippen LogP contribution in [0.3, 0.4) is 0 Å². The van der Waals surface area contributed by atoms with Crippen LogP contribution in [0, 0.1) is 32.5 Å². The van der Waals surface area contributed by atoms with Gasteiger partial charge in [-0.1, -0.05) is 30.3 Å². The van der Waals surface area contributed by atoms with Crippen LogP contribution in [0.15, 0.2) is 41.5 Å². The topological polar surface area (TPSA) is 81.6 Å². The quantitative estimate of drug-likeness (QED) is 0.406. The molecule has 0 amide bonds. The highest BCUT2D eigenvalue weighted by Gasteiger charge is 2.13. The molecule has 9 heteroatoms. The summed E-state index contributed by atoms with van der Waals surface area (Å²) >= 11 is 5.37. The van der Waals surface area contributed by atoms with Gasteiger partial charge < -0.3 is 0 Å². The van der Waals surface area contributed by atoms with Gasteiger partial charge in [-0.25, -0.2) is 9.78 Å². The standard InChI is InChI=1S/C20H22N8S/c1-13-10-14(2)27(24-13)19-22-23-20(29)28(19)21-11-18-15(3)25-26(16(18)4)12-17-8-6-5-7-9-17/h5-11H,12H2,1-4H3,(H,23,29)/b21-11+. The molecule has 4 rings (SSSR count). The van der Waals surface area contributed by atoms with Crippen molar-refractivity contribution >= 4 is 18.4 Å². The number of aromatic nitrogens is 7. The van der Waals surface area contributed by atoms with Crippen LogP contribution < -0.4 is 0 Å². The summed E-state index contributed by atoms with van der Waals surface area (Å²) in [6, 6.07) is 12.2. The van der Waals surface area contributed by atoms with E-state index in [-0.39, 0.29) is 0 Å². The lowest BCUT2D eigenvalue weighted by Crippen LogP contribution is -2.07. The second-order valence-corrected chi connectivity index (χ2v) is 7.34. The van der Waals surface area contributed by atoms with E-state index in [2.05, 4.69) is 37.6 Å². The predicted octanol–water partition coefficient (Wildman–Crippen LogP) is 3.49. The van der Waals surface area contributed by atoms with Crippen molar-refractivity contribution in [2.24, 2.45) is 5.10 Å². The van der Waals surface area contributed by atoms with Gasteiger partial charge in [0, 0.05) is 17.0 Å². The van der Waals surface area contributed by atoms with Gasteiger partial charge in [-0.15, -0.1) is 5.10 Å². The summed E-state index contributed by atoms with van der Waals surface area (Å²) in [7, 11) is 0. The number of hydrogen-bond acceptors (Lipinski definition) is 5. The summed E-state index contributed by atoms with van der Waals surface area (Å²) in [6.07, 6.45) is 1.78. The highest BCUT2D eigenvalue weighted by molar-refractivity contribution is 7.71. The van der Waals surface area contributed by atoms with Gasteiger partial charge in [-0.3, -0.25) is 4.68 Å². The fourth-order valence-electron chi connectivity index (χ4n) is 3.28. The molecule has 0 fully saturated rings. The van der Waals surface area contributed by atoms with Gasteiger partial charge >= 0.3 is 0 Å². The van der Waals surface area contributed by atoms with Crippen LogP contribution in [0.1, 0.15) is 33.9 Å². The molecule has 1 aromatic carbocycles. The SMILES string of the molecule is Cc1cc(C)n(-c2n[nH]c(=S)n2/N=C/c2c(C)nn(Cc3ccccc3)c2C)n1. The Kier molecular flexibility index (Phi) is 4.98. The number of benzene rings is 1.